The Morgan fingerprint density at radius 3 is 2.45 bits per heavy atom. The average molecular weight is 294 g/mol. The van der Waals surface area contributed by atoms with Crippen LogP contribution in [0.4, 0.5) is 10.1 Å². The highest BCUT2D eigenvalue weighted by Crippen LogP contribution is 2.25. The Morgan fingerprint density at radius 1 is 1.15 bits per heavy atom. The maximum atomic E-state index is 12.9. The lowest BCUT2D eigenvalue weighted by molar-refractivity contribution is 0.170. The Hall–Kier alpha value is -1.58. The summed E-state index contributed by atoms with van der Waals surface area (Å²) in [6, 6.07) is 13.6. The maximum Gasteiger partial charge on any atom is 0.123 e. The van der Waals surface area contributed by atoms with Gasteiger partial charge in [-0.1, -0.05) is 29.8 Å². The van der Waals surface area contributed by atoms with Crippen LogP contribution in [0.5, 0.6) is 0 Å². The Balaban J connectivity index is 1.95. The third-order valence-corrected chi connectivity index (χ3v) is 3.61. The first-order valence-electron chi connectivity index (χ1n) is 6.47. The molecule has 0 aliphatic rings. The first kappa shape index (κ1) is 14.8. The third-order valence-electron chi connectivity index (χ3n) is 3.27. The van der Waals surface area contributed by atoms with E-state index in [0.717, 1.165) is 11.3 Å². The first-order valence-corrected chi connectivity index (χ1v) is 6.85. The molecule has 1 atom stereocenters. The molecule has 2 rings (SSSR count). The molecule has 2 nitrogen and oxygen atoms in total. The molecule has 2 aromatic carbocycles. The van der Waals surface area contributed by atoms with E-state index in [1.807, 2.05) is 30.1 Å². The molecule has 2 aromatic rings. The zero-order chi connectivity index (χ0) is 14.5. The smallest absolute Gasteiger partial charge is 0.123 e. The number of nitrogens with zero attached hydrogens (tertiary/aromatic N) is 1. The van der Waals surface area contributed by atoms with Crippen LogP contribution in [0, 0.1) is 5.82 Å². The predicted octanol–water partition coefficient (Wildman–Crippen LogP) is 4.04. The number of rotatable bonds is 5. The van der Waals surface area contributed by atoms with Crippen LogP contribution in [0.3, 0.4) is 0 Å². The van der Waals surface area contributed by atoms with Crippen LogP contribution in [0.15, 0.2) is 48.5 Å². The van der Waals surface area contributed by atoms with Gasteiger partial charge in [0.25, 0.3) is 0 Å². The van der Waals surface area contributed by atoms with E-state index >= 15 is 0 Å². The molecule has 0 fully saturated rings. The van der Waals surface area contributed by atoms with Gasteiger partial charge in [0.2, 0.25) is 0 Å². The fourth-order valence-electron chi connectivity index (χ4n) is 2.04. The standard InChI is InChI=1S/C16H17ClFNO/c1-19(13-8-6-12(18)7-9-13)11-10-16(20)14-4-2-3-5-15(14)17/h2-9,16,20H,10-11H2,1H3. The molecule has 0 aliphatic heterocycles. The highest BCUT2D eigenvalue weighted by molar-refractivity contribution is 6.31. The van der Waals surface area contributed by atoms with Crippen molar-refractivity contribution in [2.24, 2.45) is 0 Å². The second kappa shape index (κ2) is 6.73. The molecule has 106 valence electrons. The van der Waals surface area contributed by atoms with Crippen molar-refractivity contribution < 1.29 is 9.50 Å². The molecular weight excluding hydrogens is 277 g/mol. The van der Waals surface area contributed by atoms with Crippen LogP contribution in [0.1, 0.15) is 18.1 Å². The third kappa shape index (κ3) is 3.71. The maximum absolute atomic E-state index is 12.9. The molecule has 0 saturated heterocycles. The van der Waals surface area contributed by atoms with E-state index in [1.54, 1.807) is 18.2 Å². The van der Waals surface area contributed by atoms with Gasteiger partial charge in [-0.15, -0.1) is 0 Å². The van der Waals surface area contributed by atoms with Gasteiger partial charge >= 0.3 is 0 Å². The number of anilines is 1. The van der Waals surface area contributed by atoms with E-state index in [4.69, 9.17) is 11.6 Å². The minimum atomic E-state index is -0.605. The van der Waals surface area contributed by atoms with Gasteiger partial charge < -0.3 is 10.0 Å². The Bertz CT molecular complexity index is 559. The van der Waals surface area contributed by atoms with Gasteiger partial charge in [0.05, 0.1) is 6.10 Å². The van der Waals surface area contributed by atoms with Gasteiger partial charge in [0, 0.05) is 24.3 Å². The van der Waals surface area contributed by atoms with Gasteiger partial charge in [-0.25, -0.2) is 4.39 Å². The highest BCUT2D eigenvalue weighted by Gasteiger charge is 2.12. The van der Waals surface area contributed by atoms with Gasteiger partial charge in [0.1, 0.15) is 5.82 Å². The molecule has 4 heteroatoms. The number of hydrogen-bond donors (Lipinski definition) is 1. The van der Waals surface area contributed by atoms with E-state index < -0.39 is 6.10 Å². The Labute approximate surface area is 123 Å². The quantitative estimate of drug-likeness (QED) is 0.899. The SMILES string of the molecule is CN(CCC(O)c1ccccc1Cl)c1ccc(F)cc1. The lowest BCUT2D eigenvalue weighted by Crippen LogP contribution is -2.20. The second-order valence-corrected chi connectivity index (χ2v) is 5.13. The fourth-order valence-corrected chi connectivity index (χ4v) is 2.30. The number of hydrogen-bond acceptors (Lipinski definition) is 2. The predicted molar refractivity (Wildman–Crippen MR) is 80.7 cm³/mol. The summed E-state index contributed by atoms with van der Waals surface area (Å²) >= 11 is 6.05. The molecule has 0 aliphatic carbocycles. The van der Waals surface area contributed by atoms with Crippen LogP contribution in [0.25, 0.3) is 0 Å². The molecule has 0 saturated carbocycles. The first-order chi connectivity index (χ1) is 9.58. The zero-order valence-electron chi connectivity index (χ0n) is 11.3. The summed E-state index contributed by atoms with van der Waals surface area (Å²) in [5, 5.41) is 10.7. The van der Waals surface area contributed by atoms with E-state index in [9.17, 15) is 9.50 Å². The van der Waals surface area contributed by atoms with Crippen molar-refractivity contribution >= 4 is 17.3 Å². The number of halogens is 2. The molecule has 0 heterocycles. The van der Waals surface area contributed by atoms with Crippen LogP contribution in [-0.2, 0) is 0 Å². The molecule has 20 heavy (non-hydrogen) atoms. The Kier molecular flexibility index (Phi) is 4.99. The molecule has 0 radical (unpaired) electrons. The van der Waals surface area contributed by atoms with Crippen LogP contribution >= 0.6 is 11.6 Å². The van der Waals surface area contributed by atoms with E-state index in [1.165, 1.54) is 12.1 Å². The van der Waals surface area contributed by atoms with Gasteiger partial charge in [-0.3, -0.25) is 0 Å². The van der Waals surface area contributed by atoms with E-state index in [-0.39, 0.29) is 5.82 Å². The van der Waals surface area contributed by atoms with Crippen molar-refractivity contribution in [2.75, 3.05) is 18.5 Å². The van der Waals surface area contributed by atoms with E-state index in [2.05, 4.69) is 0 Å². The van der Waals surface area contributed by atoms with Crippen molar-refractivity contribution in [2.45, 2.75) is 12.5 Å². The van der Waals surface area contributed by atoms with Crippen molar-refractivity contribution in [3.8, 4) is 0 Å². The van der Waals surface area contributed by atoms with Crippen molar-refractivity contribution in [1.29, 1.82) is 0 Å². The fraction of sp³-hybridized carbons (Fsp3) is 0.250. The molecule has 0 bridgehead atoms. The summed E-state index contributed by atoms with van der Waals surface area (Å²) in [5.41, 5.74) is 1.65. The van der Waals surface area contributed by atoms with Crippen molar-refractivity contribution in [1.82, 2.24) is 0 Å². The monoisotopic (exact) mass is 293 g/mol. The number of benzene rings is 2. The molecule has 0 amide bonds. The lowest BCUT2D eigenvalue weighted by Gasteiger charge is -2.21. The number of aliphatic hydroxyl groups is 1. The second-order valence-electron chi connectivity index (χ2n) is 4.72. The molecule has 1 unspecified atom stereocenters. The Morgan fingerprint density at radius 2 is 1.80 bits per heavy atom. The van der Waals surface area contributed by atoms with Crippen molar-refractivity contribution in [3.05, 3.63) is 64.9 Å². The molecular formula is C16H17ClFNO. The number of aliphatic hydroxyl groups excluding tert-OH is 1. The average Bonchev–Trinajstić information content (AvgIpc) is 2.45. The largest absolute Gasteiger partial charge is 0.388 e. The van der Waals surface area contributed by atoms with Gasteiger partial charge in [-0.05, 0) is 42.3 Å². The topological polar surface area (TPSA) is 23.5 Å². The summed E-state index contributed by atoms with van der Waals surface area (Å²) in [6.07, 6.45) is -0.0518. The summed E-state index contributed by atoms with van der Waals surface area (Å²) in [4.78, 5) is 1.97. The lowest BCUT2D eigenvalue weighted by atomic mass is 10.1. The van der Waals surface area contributed by atoms with Gasteiger partial charge in [0.15, 0.2) is 0 Å². The zero-order valence-corrected chi connectivity index (χ0v) is 12.0. The van der Waals surface area contributed by atoms with Crippen molar-refractivity contribution in [3.63, 3.8) is 0 Å². The highest BCUT2D eigenvalue weighted by atomic mass is 35.5. The summed E-state index contributed by atoms with van der Waals surface area (Å²) < 4.78 is 12.9. The van der Waals surface area contributed by atoms with Crippen LogP contribution < -0.4 is 4.90 Å². The van der Waals surface area contributed by atoms with Crippen LogP contribution in [-0.4, -0.2) is 18.7 Å². The molecule has 0 aromatic heterocycles. The summed E-state index contributed by atoms with van der Waals surface area (Å²) in [6.45, 7) is 0.651. The summed E-state index contributed by atoms with van der Waals surface area (Å²) in [7, 11) is 1.91. The van der Waals surface area contributed by atoms with E-state index in [0.29, 0.717) is 18.0 Å². The normalized spacial score (nSPS) is 12.2. The molecule has 0 spiro atoms. The summed E-state index contributed by atoms with van der Waals surface area (Å²) in [5.74, 6) is -0.252. The minimum absolute atomic E-state index is 0.252. The van der Waals surface area contributed by atoms with Crippen LogP contribution in [0.2, 0.25) is 5.02 Å². The minimum Gasteiger partial charge on any atom is -0.388 e. The molecule has 1 N–H and O–H groups in total. The van der Waals surface area contributed by atoms with Gasteiger partial charge in [-0.2, -0.15) is 0 Å².